The van der Waals surface area contributed by atoms with Crippen molar-refractivity contribution in [1.29, 1.82) is 0 Å². The Balaban J connectivity index is 1.74. The van der Waals surface area contributed by atoms with Gasteiger partial charge in [0.1, 0.15) is 16.9 Å². The summed E-state index contributed by atoms with van der Waals surface area (Å²) in [7, 11) is 0. The molecule has 5 nitrogen and oxygen atoms in total. The summed E-state index contributed by atoms with van der Waals surface area (Å²) in [5.74, 6) is 1.16. The molecule has 118 valence electrons. The van der Waals surface area contributed by atoms with Crippen LogP contribution in [0, 0.1) is 5.92 Å². The smallest absolute Gasteiger partial charge is 0.283 e. The molecule has 0 aliphatic heterocycles. The van der Waals surface area contributed by atoms with Crippen LogP contribution in [-0.2, 0) is 0 Å². The molecule has 3 aromatic heterocycles. The molecule has 0 radical (unpaired) electrons. The first-order valence-electron chi connectivity index (χ1n) is 7.90. The quantitative estimate of drug-likeness (QED) is 0.680. The van der Waals surface area contributed by atoms with Crippen molar-refractivity contribution in [2.45, 2.75) is 32.1 Å². The van der Waals surface area contributed by atoms with Gasteiger partial charge in [-0.25, -0.2) is 4.98 Å². The zero-order chi connectivity index (χ0) is 15.6. The summed E-state index contributed by atoms with van der Waals surface area (Å²) in [5.41, 5.74) is 0.643. The molecule has 0 spiro atoms. The number of fused-ring (bicyclic) bond motifs is 1. The van der Waals surface area contributed by atoms with E-state index in [4.69, 9.17) is 4.42 Å². The highest BCUT2D eigenvalue weighted by Crippen LogP contribution is 2.30. The largest absolute Gasteiger partial charge is 0.464 e. The van der Waals surface area contributed by atoms with E-state index in [1.54, 1.807) is 6.26 Å². The van der Waals surface area contributed by atoms with Gasteiger partial charge in [-0.3, -0.25) is 4.79 Å². The molecule has 1 aliphatic carbocycles. The summed E-state index contributed by atoms with van der Waals surface area (Å²) in [4.78, 5) is 17.8. The van der Waals surface area contributed by atoms with Gasteiger partial charge < -0.3 is 4.42 Å². The summed E-state index contributed by atoms with van der Waals surface area (Å²) in [5, 5.41) is 6.86. The lowest BCUT2D eigenvalue weighted by molar-refractivity contribution is 0.443. The Hall–Kier alpha value is -2.21. The maximum atomic E-state index is 12.8. The van der Waals surface area contributed by atoms with Crippen molar-refractivity contribution in [3.63, 3.8) is 0 Å². The monoisotopic (exact) mass is 327 g/mol. The fraction of sp³-hybridized carbons (Fsp3) is 0.353. The molecule has 0 amide bonds. The molecule has 1 saturated carbocycles. The van der Waals surface area contributed by atoms with Crippen molar-refractivity contribution < 1.29 is 4.42 Å². The van der Waals surface area contributed by atoms with E-state index in [1.165, 1.54) is 41.6 Å². The van der Waals surface area contributed by atoms with Gasteiger partial charge in [0, 0.05) is 17.2 Å². The molecule has 0 N–H and O–H groups in total. The third kappa shape index (κ3) is 2.74. The van der Waals surface area contributed by atoms with E-state index in [0.29, 0.717) is 21.9 Å². The van der Waals surface area contributed by atoms with Gasteiger partial charge >= 0.3 is 0 Å². The molecule has 1 fully saturated rings. The second-order valence-corrected chi connectivity index (χ2v) is 6.72. The van der Waals surface area contributed by atoms with Gasteiger partial charge in [-0.1, -0.05) is 19.3 Å². The molecule has 0 saturated heterocycles. The van der Waals surface area contributed by atoms with Gasteiger partial charge in [-0.05, 0) is 30.9 Å². The van der Waals surface area contributed by atoms with Crippen molar-refractivity contribution in [1.82, 2.24) is 9.66 Å². The van der Waals surface area contributed by atoms with Crippen LogP contribution in [0.25, 0.3) is 21.5 Å². The molecule has 4 rings (SSSR count). The Labute approximate surface area is 137 Å². The molecular weight excluding hydrogens is 310 g/mol. The van der Waals surface area contributed by atoms with Gasteiger partial charge in [-0.15, -0.1) is 11.3 Å². The molecule has 3 aromatic rings. The SMILES string of the molecule is O=c1c2c(-c3ccco3)csc2ncn1/N=C\C1CCCCC1. The number of hydrogen-bond acceptors (Lipinski definition) is 5. The van der Waals surface area contributed by atoms with E-state index < -0.39 is 0 Å². The van der Waals surface area contributed by atoms with Crippen LogP contribution in [0.2, 0.25) is 0 Å². The molecule has 0 unspecified atom stereocenters. The highest BCUT2D eigenvalue weighted by Gasteiger charge is 2.15. The van der Waals surface area contributed by atoms with E-state index >= 15 is 0 Å². The minimum atomic E-state index is -0.144. The Kier molecular flexibility index (Phi) is 3.83. The van der Waals surface area contributed by atoms with E-state index in [0.717, 1.165) is 18.4 Å². The fourth-order valence-electron chi connectivity index (χ4n) is 3.07. The third-order valence-electron chi connectivity index (χ3n) is 4.32. The predicted molar refractivity (Wildman–Crippen MR) is 92.0 cm³/mol. The molecule has 0 atom stereocenters. The highest BCUT2D eigenvalue weighted by molar-refractivity contribution is 7.17. The second-order valence-electron chi connectivity index (χ2n) is 5.86. The van der Waals surface area contributed by atoms with Gasteiger partial charge in [0.05, 0.1) is 11.6 Å². The topological polar surface area (TPSA) is 60.4 Å². The third-order valence-corrected chi connectivity index (χ3v) is 5.20. The van der Waals surface area contributed by atoms with E-state index in [1.807, 2.05) is 23.7 Å². The average Bonchev–Trinajstić information content (AvgIpc) is 3.24. The maximum Gasteiger partial charge on any atom is 0.283 e. The van der Waals surface area contributed by atoms with Crippen LogP contribution < -0.4 is 5.56 Å². The predicted octanol–water partition coefficient (Wildman–Crippen LogP) is 4.13. The van der Waals surface area contributed by atoms with Crippen LogP contribution in [0.1, 0.15) is 32.1 Å². The summed E-state index contributed by atoms with van der Waals surface area (Å²) in [6.07, 6.45) is 11.1. The lowest BCUT2D eigenvalue weighted by atomic mass is 9.90. The normalized spacial score (nSPS) is 16.5. The van der Waals surface area contributed by atoms with Crippen LogP contribution in [0.5, 0.6) is 0 Å². The van der Waals surface area contributed by atoms with Gasteiger partial charge in [-0.2, -0.15) is 9.78 Å². The zero-order valence-corrected chi connectivity index (χ0v) is 13.5. The summed E-state index contributed by atoms with van der Waals surface area (Å²) in [6, 6.07) is 3.67. The highest BCUT2D eigenvalue weighted by atomic mass is 32.1. The lowest BCUT2D eigenvalue weighted by Crippen LogP contribution is -2.18. The van der Waals surface area contributed by atoms with E-state index in [-0.39, 0.29) is 5.56 Å². The van der Waals surface area contributed by atoms with Crippen LogP contribution in [0.15, 0.2) is 44.4 Å². The van der Waals surface area contributed by atoms with Gasteiger partial charge in [0.25, 0.3) is 5.56 Å². The Bertz CT molecular complexity index is 886. The van der Waals surface area contributed by atoms with Crippen molar-refractivity contribution in [3.05, 3.63) is 40.5 Å². The van der Waals surface area contributed by atoms with Crippen molar-refractivity contribution in [2.75, 3.05) is 0 Å². The number of aromatic nitrogens is 2. The van der Waals surface area contributed by atoms with Crippen LogP contribution in [0.3, 0.4) is 0 Å². The van der Waals surface area contributed by atoms with Gasteiger partial charge in [0.2, 0.25) is 0 Å². The van der Waals surface area contributed by atoms with Crippen LogP contribution in [0.4, 0.5) is 0 Å². The number of rotatable bonds is 3. The zero-order valence-electron chi connectivity index (χ0n) is 12.6. The first-order chi connectivity index (χ1) is 11.3. The first kappa shape index (κ1) is 14.4. The molecule has 0 bridgehead atoms. The maximum absolute atomic E-state index is 12.8. The summed E-state index contributed by atoms with van der Waals surface area (Å²) >= 11 is 1.44. The first-order valence-corrected chi connectivity index (χ1v) is 8.78. The van der Waals surface area contributed by atoms with Crippen molar-refractivity contribution >= 4 is 27.8 Å². The van der Waals surface area contributed by atoms with Crippen LogP contribution >= 0.6 is 11.3 Å². The number of furan rings is 1. The molecular formula is C17H17N3O2S. The standard InChI is InChI=1S/C17H17N3O2S/c21-17-15-13(14-7-4-8-22-14)10-23-16(15)18-11-20(17)19-9-12-5-2-1-3-6-12/h4,7-12H,1-3,5-6H2/b19-9-. The van der Waals surface area contributed by atoms with Crippen molar-refractivity contribution in [2.24, 2.45) is 11.0 Å². The lowest BCUT2D eigenvalue weighted by Gasteiger charge is -2.16. The molecule has 3 heterocycles. The minimum Gasteiger partial charge on any atom is -0.464 e. The fourth-order valence-corrected chi connectivity index (χ4v) is 3.95. The van der Waals surface area contributed by atoms with Crippen molar-refractivity contribution in [3.8, 4) is 11.3 Å². The van der Waals surface area contributed by atoms with Gasteiger partial charge in [0.15, 0.2) is 0 Å². The molecule has 23 heavy (non-hydrogen) atoms. The Morgan fingerprint density at radius 1 is 1.35 bits per heavy atom. The number of hydrogen-bond donors (Lipinski definition) is 0. The Morgan fingerprint density at radius 2 is 2.22 bits per heavy atom. The second kappa shape index (κ2) is 6.12. The number of nitrogens with zero attached hydrogens (tertiary/aromatic N) is 3. The number of thiophene rings is 1. The molecule has 6 heteroatoms. The molecule has 1 aliphatic rings. The molecule has 0 aromatic carbocycles. The summed E-state index contributed by atoms with van der Waals surface area (Å²) < 4.78 is 6.77. The average molecular weight is 327 g/mol. The van der Waals surface area contributed by atoms with E-state index in [2.05, 4.69) is 10.1 Å². The Morgan fingerprint density at radius 3 is 3.00 bits per heavy atom. The minimum absolute atomic E-state index is 0.144. The van der Waals surface area contributed by atoms with Crippen LogP contribution in [-0.4, -0.2) is 15.9 Å². The summed E-state index contributed by atoms with van der Waals surface area (Å²) in [6.45, 7) is 0. The van der Waals surface area contributed by atoms with E-state index in [9.17, 15) is 4.79 Å².